The zero-order valence-corrected chi connectivity index (χ0v) is 17.1. The smallest absolute Gasteiger partial charge is 0.302 e. The van der Waals surface area contributed by atoms with E-state index in [4.69, 9.17) is 8.92 Å². The van der Waals surface area contributed by atoms with Crippen LogP contribution >= 0.6 is 12.0 Å². The van der Waals surface area contributed by atoms with Crippen molar-refractivity contribution in [2.24, 2.45) is 17.3 Å². The van der Waals surface area contributed by atoms with Gasteiger partial charge in [-0.25, -0.2) is 0 Å². The Kier molecular flexibility index (Phi) is 6.13. The Hall–Kier alpha value is -1.26. The van der Waals surface area contributed by atoms with E-state index in [1.165, 1.54) is 36.5 Å². The van der Waals surface area contributed by atoms with Crippen LogP contribution in [-0.2, 0) is 13.7 Å². The zero-order chi connectivity index (χ0) is 18.7. The minimum atomic E-state index is -0.154. The summed E-state index contributed by atoms with van der Waals surface area (Å²) in [6.07, 6.45) is 6.76. The summed E-state index contributed by atoms with van der Waals surface area (Å²) < 4.78 is 11.6. The van der Waals surface area contributed by atoms with Crippen LogP contribution in [0.3, 0.4) is 0 Å². The van der Waals surface area contributed by atoms with Gasteiger partial charge in [-0.15, -0.1) is 0 Å². The first-order valence-electron chi connectivity index (χ1n) is 9.64. The van der Waals surface area contributed by atoms with Gasteiger partial charge < -0.3 is 8.92 Å². The van der Waals surface area contributed by atoms with Crippen molar-refractivity contribution < 1.29 is 13.7 Å². The first kappa shape index (κ1) is 19.5. The van der Waals surface area contributed by atoms with Crippen molar-refractivity contribution in [3.8, 4) is 0 Å². The maximum absolute atomic E-state index is 11.5. The molecule has 2 aliphatic rings. The van der Waals surface area contributed by atoms with Crippen molar-refractivity contribution in [1.29, 1.82) is 0 Å². The van der Waals surface area contributed by atoms with Crippen LogP contribution in [-0.4, -0.2) is 18.7 Å². The average Bonchev–Trinajstić information content (AvgIpc) is 2.94. The molecule has 1 aromatic carbocycles. The van der Waals surface area contributed by atoms with Gasteiger partial charge in [0.15, 0.2) is 0 Å². The number of esters is 1. The Morgan fingerprint density at radius 3 is 2.77 bits per heavy atom. The molecule has 3 rings (SSSR count). The van der Waals surface area contributed by atoms with Crippen molar-refractivity contribution in [3.05, 3.63) is 41.5 Å². The third kappa shape index (κ3) is 4.17. The number of ether oxygens (including phenoxy) is 1. The van der Waals surface area contributed by atoms with Crippen molar-refractivity contribution in [3.63, 3.8) is 0 Å². The van der Waals surface area contributed by atoms with Crippen LogP contribution in [0.15, 0.2) is 40.8 Å². The summed E-state index contributed by atoms with van der Waals surface area (Å²) in [7, 11) is 0. The lowest BCUT2D eigenvalue weighted by Crippen LogP contribution is -2.41. The normalized spacial score (nSPS) is 29.0. The second-order valence-corrected chi connectivity index (χ2v) is 8.91. The van der Waals surface area contributed by atoms with E-state index in [0.29, 0.717) is 18.4 Å². The molecular formula is C22H30O3S. The summed E-state index contributed by atoms with van der Waals surface area (Å²) in [5.74, 6) is 0.639. The highest BCUT2D eigenvalue weighted by atomic mass is 32.2. The predicted molar refractivity (Wildman–Crippen MR) is 106 cm³/mol. The van der Waals surface area contributed by atoms with Gasteiger partial charge in [-0.2, -0.15) is 0 Å². The lowest BCUT2D eigenvalue weighted by molar-refractivity contribution is -0.153. The van der Waals surface area contributed by atoms with Gasteiger partial charge in [0, 0.05) is 35.7 Å². The number of aryl methyl sites for hydroxylation is 1. The molecule has 4 unspecified atom stereocenters. The summed E-state index contributed by atoms with van der Waals surface area (Å²) in [6.45, 7) is 8.92. The van der Waals surface area contributed by atoms with E-state index in [2.05, 4.69) is 51.1 Å². The van der Waals surface area contributed by atoms with Crippen LogP contribution < -0.4 is 0 Å². The van der Waals surface area contributed by atoms with Gasteiger partial charge >= 0.3 is 5.97 Å². The number of carbonyl (C=O) groups excluding carboxylic acids is 1. The van der Waals surface area contributed by atoms with Crippen LogP contribution in [0, 0.1) is 24.2 Å². The monoisotopic (exact) mass is 374 g/mol. The highest BCUT2D eigenvalue weighted by Crippen LogP contribution is 2.55. The molecule has 0 radical (unpaired) electrons. The molecule has 0 heterocycles. The van der Waals surface area contributed by atoms with Gasteiger partial charge in [-0.1, -0.05) is 43.2 Å². The molecule has 0 aromatic heterocycles. The summed E-state index contributed by atoms with van der Waals surface area (Å²) in [5.41, 5.74) is 2.89. The van der Waals surface area contributed by atoms with E-state index < -0.39 is 0 Å². The van der Waals surface area contributed by atoms with Gasteiger partial charge in [-0.3, -0.25) is 4.79 Å². The largest absolute Gasteiger partial charge is 0.462 e. The van der Waals surface area contributed by atoms with Crippen LogP contribution in [0.2, 0.25) is 0 Å². The van der Waals surface area contributed by atoms with Crippen molar-refractivity contribution in [2.45, 2.75) is 64.4 Å². The second kappa shape index (κ2) is 8.18. The first-order chi connectivity index (χ1) is 12.4. The number of carbonyl (C=O) groups is 1. The predicted octanol–water partition coefficient (Wildman–Crippen LogP) is 5.72. The molecule has 1 aromatic rings. The van der Waals surface area contributed by atoms with E-state index in [-0.39, 0.29) is 17.5 Å². The lowest BCUT2D eigenvalue weighted by atomic mass is 9.63. The van der Waals surface area contributed by atoms with Crippen LogP contribution in [0.25, 0.3) is 0 Å². The quantitative estimate of drug-likeness (QED) is 0.362. The number of benzene rings is 1. The van der Waals surface area contributed by atoms with Crippen LogP contribution in [0.1, 0.15) is 52.0 Å². The summed E-state index contributed by atoms with van der Waals surface area (Å²) in [5, 5.41) is 0. The molecule has 0 amide bonds. The molecule has 0 saturated heterocycles. The maximum atomic E-state index is 11.5. The van der Waals surface area contributed by atoms with Gasteiger partial charge in [0.2, 0.25) is 0 Å². The maximum Gasteiger partial charge on any atom is 0.302 e. The Balaban J connectivity index is 1.58. The standard InChI is InChI=1S/C22H30O3S/c1-15-7-9-18(10-8-15)26-24-14-16(2)19-11-12-20-21(25-17(3)23)6-5-13-22(19,20)4/h7-11,16,20-21H,5-6,12-14H2,1-4H3. The van der Waals surface area contributed by atoms with E-state index in [1.54, 1.807) is 0 Å². The molecule has 0 bridgehead atoms. The molecule has 0 spiro atoms. The molecule has 4 atom stereocenters. The second-order valence-electron chi connectivity index (χ2n) is 8.04. The Labute approximate surface area is 161 Å². The van der Waals surface area contributed by atoms with E-state index in [9.17, 15) is 4.79 Å². The average molecular weight is 375 g/mol. The number of hydrogen-bond donors (Lipinski definition) is 0. The Morgan fingerprint density at radius 1 is 1.35 bits per heavy atom. The molecule has 1 saturated carbocycles. The molecule has 26 heavy (non-hydrogen) atoms. The minimum absolute atomic E-state index is 0.0649. The SMILES string of the molecule is CC(=O)OC1CCCC2(C)C(C(C)COSc3ccc(C)cc3)=CCC12. The number of rotatable bonds is 6. The molecule has 0 aliphatic heterocycles. The van der Waals surface area contributed by atoms with E-state index in [1.807, 2.05) is 0 Å². The first-order valence-corrected chi connectivity index (χ1v) is 10.4. The third-order valence-electron chi connectivity index (χ3n) is 6.05. The third-order valence-corrected chi connectivity index (χ3v) is 6.76. The Morgan fingerprint density at radius 2 is 2.08 bits per heavy atom. The van der Waals surface area contributed by atoms with E-state index in [0.717, 1.165) is 24.2 Å². The molecule has 4 heteroatoms. The molecular weight excluding hydrogens is 344 g/mol. The van der Waals surface area contributed by atoms with Crippen LogP contribution in [0.4, 0.5) is 0 Å². The molecule has 142 valence electrons. The van der Waals surface area contributed by atoms with Gasteiger partial charge in [0.1, 0.15) is 6.10 Å². The topological polar surface area (TPSA) is 35.5 Å². The van der Waals surface area contributed by atoms with Crippen LogP contribution in [0.5, 0.6) is 0 Å². The molecule has 2 aliphatic carbocycles. The van der Waals surface area contributed by atoms with Gasteiger partial charge in [0.05, 0.1) is 6.61 Å². The summed E-state index contributed by atoms with van der Waals surface area (Å²) in [4.78, 5) is 12.6. The van der Waals surface area contributed by atoms with E-state index >= 15 is 0 Å². The highest BCUT2D eigenvalue weighted by Gasteiger charge is 2.49. The van der Waals surface area contributed by atoms with Crippen molar-refractivity contribution in [2.75, 3.05) is 6.61 Å². The zero-order valence-electron chi connectivity index (χ0n) is 16.3. The fourth-order valence-corrected chi connectivity index (χ4v) is 5.39. The number of allylic oxidation sites excluding steroid dienone is 1. The fraction of sp³-hybridized carbons (Fsp3) is 0.591. The fourth-order valence-electron chi connectivity index (χ4n) is 4.73. The number of fused-ring (bicyclic) bond motifs is 1. The van der Waals surface area contributed by atoms with Gasteiger partial charge in [-0.05, 0) is 50.2 Å². The number of hydrogen-bond acceptors (Lipinski definition) is 4. The van der Waals surface area contributed by atoms with Gasteiger partial charge in [0.25, 0.3) is 0 Å². The summed E-state index contributed by atoms with van der Waals surface area (Å²) >= 11 is 1.46. The minimum Gasteiger partial charge on any atom is -0.462 e. The lowest BCUT2D eigenvalue weighted by Gasteiger charge is -2.44. The molecule has 0 N–H and O–H groups in total. The van der Waals surface area contributed by atoms with Crippen molar-refractivity contribution in [1.82, 2.24) is 0 Å². The molecule has 1 fully saturated rings. The molecule has 3 nitrogen and oxygen atoms in total. The summed E-state index contributed by atoms with van der Waals surface area (Å²) in [6, 6.07) is 8.41. The Bertz CT molecular complexity index is 666. The highest BCUT2D eigenvalue weighted by molar-refractivity contribution is 7.94. The van der Waals surface area contributed by atoms with Crippen molar-refractivity contribution >= 4 is 18.0 Å².